The molecule has 0 saturated heterocycles. The third kappa shape index (κ3) is 3.02. The first-order chi connectivity index (χ1) is 7.09. The molecule has 0 aromatic rings. The summed E-state index contributed by atoms with van der Waals surface area (Å²) in [5, 5.41) is 0. The molecule has 0 saturated carbocycles. The standard InChI is InChI=1S/C10H22NO2PSi2/c1-13-9(12)8-11-14(8)10(15(2,3)4)16(5,6)7/h10H,1-7H3. The van der Waals surface area contributed by atoms with Crippen molar-refractivity contribution in [2.24, 2.45) is 4.76 Å². The van der Waals surface area contributed by atoms with Crippen molar-refractivity contribution in [1.82, 2.24) is 0 Å². The first-order valence-corrected chi connectivity index (χ1v) is 14.1. The van der Waals surface area contributed by atoms with Crippen LogP contribution < -0.4 is 0 Å². The van der Waals surface area contributed by atoms with Crippen LogP contribution in [0.4, 0.5) is 0 Å². The minimum Gasteiger partial charge on any atom is -0.464 e. The monoisotopic (exact) mass is 275 g/mol. The quantitative estimate of drug-likeness (QED) is 0.449. The Morgan fingerprint density at radius 3 is 1.94 bits per heavy atom. The number of ether oxygens (including phenoxy) is 1. The van der Waals surface area contributed by atoms with Crippen molar-refractivity contribution >= 4 is 35.6 Å². The van der Waals surface area contributed by atoms with Gasteiger partial charge in [0.15, 0.2) is 5.45 Å². The van der Waals surface area contributed by atoms with Gasteiger partial charge in [-0.05, 0) is 4.91 Å². The summed E-state index contributed by atoms with van der Waals surface area (Å²) in [6, 6.07) is 0. The second-order valence-corrected chi connectivity index (χ2v) is 20.4. The van der Waals surface area contributed by atoms with Gasteiger partial charge in [0.25, 0.3) is 0 Å². The van der Waals surface area contributed by atoms with Crippen LogP contribution in [0.5, 0.6) is 0 Å². The van der Waals surface area contributed by atoms with Gasteiger partial charge in [-0.15, -0.1) is 0 Å². The highest BCUT2D eigenvalue weighted by atomic mass is 31.1. The number of methoxy groups -OCH3 is 1. The number of esters is 1. The lowest BCUT2D eigenvalue weighted by atomic mass is 10.8. The van der Waals surface area contributed by atoms with E-state index in [1.807, 2.05) is 0 Å². The van der Waals surface area contributed by atoms with E-state index in [1.54, 1.807) is 0 Å². The zero-order valence-electron chi connectivity index (χ0n) is 11.3. The summed E-state index contributed by atoms with van der Waals surface area (Å²) in [7, 11) is -1.58. The fraction of sp³-hybridized carbons (Fsp3) is 0.800. The molecular weight excluding hydrogens is 253 g/mol. The average molecular weight is 275 g/mol. The molecule has 1 rings (SSSR count). The average Bonchev–Trinajstić information content (AvgIpc) is 2.77. The molecule has 6 heteroatoms. The molecular formula is C10H22NO2PSi2. The summed E-state index contributed by atoms with van der Waals surface area (Å²) in [6.07, 6.45) is 0. The van der Waals surface area contributed by atoms with Gasteiger partial charge in [-0.3, -0.25) is 0 Å². The van der Waals surface area contributed by atoms with Gasteiger partial charge in [0.2, 0.25) is 0 Å². The van der Waals surface area contributed by atoms with Gasteiger partial charge in [0.1, 0.15) is 0 Å². The summed E-state index contributed by atoms with van der Waals surface area (Å²) in [4.78, 5) is 12.1. The summed E-state index contributed by atoms with van der Waals surface area (Å²) in [5.74, 6) is -0.201. The molecule has 0 aromatic carbocycles. The van der Waals surface area contributed by atoms with Crippen LogP contribution in [0.3, 0.4) is 0 Å². The van der Waals surface area contributed by atoms with Gasteiger partial charge < -0.3 is 4.74 Å². The smallest absolute Gasteiger partial charge is 0.358 e. The van der Waals surface area contributed by atoms with Crippen LogP contribution >= 0.6 is 8.07 Å². The number of carbonyl (C=O) groups excluding carboxylic acids is 1. The first-order valence-electron chi connectivity index (χ1n) is 5.55. The van der Waals surface area contributed by atoms with Gasteiger partial charge in [-0.1, -0.05) is 39.3 Å². The van der Waals surface area contributed by atoms with Crippen LogP contribution in [-0.2, 0) is 9.53 Å². The largest absolute Gasteiger partial charge is 0.464 e. The minimum absolute atomic E-state index is 0.201. The highest BCUT2D eigenvalue weighted by Gasteiger charge is 2.52. The third-order valence-corrected chi connectivity index (χ3v) is 18.7. The van der Waals surface area contributed by atoms with Gasteiger partial charge in [0.05, 0.1) is 31.3 Å². The molecule has 0 spiro atoms. The number of hydrogen-bond donors (Lipinski definition) is 0. The molecule has 0 aromatic heterocycles. The molecule has 0 radical (unpaired) electrons. The Morgan fingerprint density at radius 1 is 1.19 bits per heavy atom. The Bertz CT molecular complexity index is 317. The maximum Gasteiger partial charge on any atom is 0.358 e. The van der Waals surface area contributed by atoms with E-state index < -0.39 is 24.2 Å². The van der Waals surface area contributed by atoms with Crippen LogP contribution in [0.25, 0.3) is 0 Å². The highest BCUT2D eigenvalue weighted by molar-refractivity contribution is 7.89. The van der Waals surface area contributed by atoms with Gasteiger partial charge >= 0.3 is 5.97 Å². The van der Waals surface area contributed by atoms with E-state index in [4.69, 9.17) is 4.74 Å². The lowest BCUT2D eigenvalue weighted by Crippen LogP contribution is -2.51. The molecule has 1 aliphatic heterocycles. The molecule has 16 heavy (non-hydrogen) atoms. The van der Waals surface area contributed by atoms with Crippen LogP contribution in [0.1, 0.15) is 0 Å². The Hall–Kier alpha value is 0.00377. The molecule has 1 unspecified atom stereocenters. The van der Waals surface area contributed by atoms with Crippen molar-refractivity contribution in [3.8, 4) is 0 Å². The van der Waals surface area contributed by atoms with E-state index in [0.29, 0.717) is 4.91 Å². The molecule has 0 aliphatic carbocycles. The van der Waals surface area contributed by atoms with Crippen LogP contribution in [-0.4, -0.2) is 39.6 Å². The molecule has 0 amide bonds. The van der Waals surface area contributed by atoms with Crippen LogP contribution in [0.2, 0.25) is 39.3 Å². The lowest BCUT2D eigenvalue weighted by Gasteiger charge is -2.37. The number of carbonyl (C=O) groups is 1. The van der Waals surface area contributed by atoms with Crippen LogP contribution in [0.15, 0.2) is 4.76 Å². The Morgan fingerprint density at radius 2 is 1.62 bits per heavy atom. The van der Waals surface area contributed by atoms with Crippen molar-refractivity contribution in [3.05, 3.63) is 0 Å². The predicted molar refractivity (Wildman–Crippen MR) is 76.9 cm³/mol. The second-order valence-electron chi connectivity index (χ2n) is 6.39. The van der Waals surface area contributed by atoms with Crippen molar-refractivity contribution in [3.63, 3.8) is 0 Å². The number of rotatable bonds is 4. The Labute approximate surface area is 102 Å². The molecule has 0 bridgehead atoms. The summed E-state index contributed by atoms with van der Waals surface area (Å²) in [5.41, 5.74) is 0.743. The molecule has 3 nitrogen and oxygen atoms in total. The Balaban J connectivity index is 2.82. The second kappa shape index (κ2) is 4.35. The molecule has 0 fully saturated rings. The topological polar surface area (TPSA) is 38.7 Å². The molecule has 1 aliphatic rings. The van der Waals surface area contributed by atoms with E-state index >= 15 is 0 Å². The van der Waals surface area contributed by atoms with Gasteiger partial charge in [0, 0.05) is 0 Å². The molecule has 1 heterocycles. The minimum atomic E-state index is -1.25. The van der Waals surface area contributed by atoms with Gasteiger partial charge in [-0.25, -0.2) is 9.56 Å². The number of hydrogen-bond acceptors (Lipinski definition) is 3. The van der Waals surface area contributed by atoms with Crippen molar-refractivity contribution in [2.45, 2.75) is 44.2 Å². The van der Waals surface area contributed by atoms with Crippen molar-refractivity contribution in [2.75, 3.05) is 7.11 Å². The molecule has 1 atom stereocenters. The molecule has 92 valence electrons. The van der Waals surface area contributed by atoms with E-state index in [9.17, 15) is 4.79 Å². The predicted octanol–water partition coefficient (Wildman–Crippen LogP) is 3.09. The van der Waals surface area contributed by atoms with E-state index in [1.165, 1.54) is 7.11 Å². The van der Waals surface area contributed by atoms with Gasteiger partial charge in [-0.2, -0.15) is 0 Å². The zero-order chi connectivity index (χ0) is 12.7. The number of nitrogens with zero attached hydrogens (tertiary/aromatic N) is 1. The maximum atomic E-state index is 11.4. The molecule has 0 N–H and O–H groups in total. The zero-order valence-corrected chi connectivity index (χ0v) is 14.2. The SMILES string of the molecule is COC(=O)C1=NP1C([Si](C)(C)C)[Si](C)(C)C. The maximum absolute atomic E-state index is 11.4. The van der Waals surface area contributed by atoms with Crippen molar-refractivity contribution < 1.29 is 9.53 Å². The van der Waals surface area contributed by atoms with Crippen LogP contribution in [0, 0.1) is 0 Å². The Kier molecular flexibility index (Phi) is 3.83. The highest BCUT2D eigenvalue weighted by Crippen LogP contribution is 2.62. The summed E-state index contributed by atoms with van der Waals surface area (Å²) in [6.45, 7) is 14.3. The first kappa shape index (κ1) is 14.1. The summed E-state index contributed by atoms with van der Waals surface area (Å²) >= 11 is 0. The summed E-state index contributed by atoms with van der Waals surface area (Å²) < 4.78 is 9.19. The third-order valence-electron chi connectivity index (χ3n) is 2.63. The van der Waals surface area contributed by atoms with Crippen molar-refractivity contribution in [1.29, 1.82) is 0 Å². The fourth-order valence-corrected chi connectivity index (χ4v) is 20.9. The van der Waals surface area contributed by atoms with E-state index in [-0.39, 0.29) is 5.97 Å². The van der Waals surface area contributed by atoms with E-state index in [2.05, 4.69) is 44.0 Å². The normalized spacial score (nSPS) is 20.8. The van der Waals surface area contributed by atoms with E-state index in [0.717, 1.165) is 5.45 Å². The lowest BCUT2D eigenvalue weighted by molar-refractivity contribution is -0.132. The fourth-order valence-electron chi connectivity index (χ4n) is 2.52.